The van der Waals surface area contributed by atoms with E-state index in [4.69, 9.17) is 0 Å². The monoisotopic (exact) mass is 334 g/mol. The molecule has 3 nitrogen and oxygen atoms in total. The fraction of sp³-hybridized carbons (Fsp3) is 0.632. The zero-order valence-electron chi connectivity index (χ0n) is 14.9. The van der Waals surface area contributed by atoms with Gasteiger partial charge in [-0.15, -0.1) is 11.8 Å². The maximum absolute atomic E-state index is 12.9. The van der Waals surface area contributed by atoms with Crippen LogP contribution in [0.5, 0.6) is 0 Å². The molecule has 128 valence electrons. The summed E-state index contributed by atoms with van der Waals surface area (Å²) in [5, 5.41) is 0.0563. The van der Waals surface area contributed by atoms with Crippen molar-refractivity contribution in [1.82, 2.24) is 9.80 Å². The fourth-order valence-electron chi connectivity index (χ4n) is 2.95. The number of piperazine rings is 1. The normalized spacial score (nSPS) is 17.7. The lowest BCUT2D eigenvalue weighted by molar-refractivity contribution is -0.133. The van der Waals surface area contributed by atoms with Crippen LogP contribution in [0.4, 0.5) is 0 Å². The van der Waals surface area contributed by atoms with Crippen molar-refractivity contribution < 1.29 is 4.79 Å². The molecule has 0 bridgehead atoms. The highest BCUT2D eigenvalue weighted by Crippen LogP contribution is 2.26. The van der Waals surface area contributed by atoms with Gasteiger partial charge in [0.1, 0.15) is 0 Å². The van der Waals surface area contributed by atoms with Gasteiger partial charge < -0.3 is 4.90 Å². The molecule has 0 N–H and O–H groups in total. The third-order valence-electron chi connectivity index (χ3n) is 4.48. The van der Waals surface area contributed by atoms with Crippen LogP contribution in [0.3, 0.4) is 0 Å². The molecule has 1 saturated heterocycles. The Labute approximate surface area is 145 Å². The van der Waals surface area contributed by atoms with Gasteiger partial charge in [0.25, 0.3) is 0 Å². The standard InChI is InChI=1S/C19H30N2OS/c1-15(2)18(23-14-17-8-6-5-7-9-17)19(22)21-12-10-20(11-13-21)16(3)4/h5-9,15-16,18H,10-14H2,1-4H3. The van der Waals surface area contributed by atoms with Crippen molar-refractivity contribution in [3.05, 3.63) is 35.9 Å². The summed E-state index contributed by atoms with van der Waals surface area (Å²) in [4.78, 5) is 17.4. The van der Waals surface area contributed by atoms with Gasteiger partial charge >= 0.3 is 0 Å². The minimum absolute atomic E-state index is 0.0563. The van der Waals surface area contributed by atoms with Crippen LogP contribution in [0, 0.1) is 5.92 Å². The van der Waals surface area contributed by atoms with E-state index < -0.39 is 0 Å². The Hall–Kier alpha value is -1.00. The largest absolute Gasteiger partial charge is 0.339 e. The van der Waals surface area contributed by atoms with Crippen molar-refractivity contribution in [2.75, 3.05) is 26.2 Å². The Kier molecular flexibility index (Phi) is 6.97. The predicted molar refractivity (Wildman–Crippen MR) is 99.7 cm³/mol. The molecule has 4 heteroatoms. The van der Waals surface area contributed by atoms with Crippen LogP contribution < -0.4 is 0 Å². The van der Waals surface area contributed by atoms with Gasteiger partial charge in [-0.25, -0.2) is 0 Å². The number of nitrogens with zero attached hydrogens (tertiary/aromatic N) is 2. The third kappa shape index (κ3) is 5.25. The smallest absolute Gasteiger partial charge is 0.236 e. The van der Waals surface area contributed by atoms with E-state index >= 15 is 0 Å². The molecular formula is C19H30N2OS. The lowest BCUT2D eigenvalue weighted by atomic mass is 10.1. The average Bonchev–Trinajstić information content (AvgIpc) is 2.55. The topological polar surface area (TPSA) is 23.6 Å². The van der Waals surface area contributed by atoms with Crippen molar-refractivity contribution in [2.24, 2.45) is 5.92 Å². The van der Waals surface area contributed by atoms with Crippen LogP contribution in [0.25, 0.3) is 0 Å². The SMILES string of the molecule is CC(C)C(SCc1ccccc1)C(=O)N1CCN(C(C)C)CC1. The number of hydrogen-bond acceptors (Lipinski definition) is 3. The highest BCUT2D eigenvalue weighted by Gasteiger charge is 2.30. The van der Waals surface area contributed by atoms with Crippen molar-refractivity contribution in [2.45, 2.75) is 44.7 Å². The number of carbonyl (C=O) groups excluding carboxylic acids is 1. The van der Waals surface area contributed by atoms with E-state index in [0.29, 0.717) is 17.9 Å². The highest BCUT2D eigenvalue weighted by atomic mass is 32.2. The van der Waals surface area contributed by atoms with Crippen LogP contribution in [-0.4, -0.2) is 53.2 Å². The predicted octanol–water partition coefficient (Wildman–Crippen LogP) is 3.50. The van der Waals surface area contributed by atoms with Crippen LogP contribution in [0.1, 0.15) is 33.3 Å². The number of rotatable bonds is 6. The van der Waals surface area contributed by atoms with Crippen LogP contribution in [-0.2, 0) is 10.5 Å². The van der Waals surface area contributed by atoms with Gasteiger partial charge in [0.15, 0.2) is 0 Å². The maximum Gasteiger partial charge on any atom is 0.236 e. The van der Waals surface area contributed by atoms with Crippen LogP contribution in [0.15, 0.2) is 30.3 Å². The Bertz CT molecular complexity index is 481. The fourth-order valence-corrected chi connectivity index (χ4v) is 4.19. The molecule has 1 atom stereocenters. The molecule has 1 aromatic rings. The van der Waals surface area contributed by atoms with Gasteiger partial charge in [-0.05, 0) is 25.3 Å². The molecule has 1 aromatic carbocycles. The van der Waals surface area contributed by atoms with E-state index in [0.717, 1.165) is 31.9 Å². The Balaban J connectivity index is 1.91. The first kappa shape index (κ1) is 18.3. The quantitative estimate of drug-likeness (QED) is 0.795. The second-order valence-electron chi connectivity index (χ2n) is 6.92. The molecule has 0 aliphatic carbocycles. The second kappa shape index (κ2) is 8.74. The van der Waals surface area contributed by atoms with Crippen molar-refractivity contribution >= 4 is 17.7 Å². The molecule has 1 heterocycles. The molecule has 0 spiro atoms. The molecule has 1 aliphatic rings. The minimum atomic E-state index is 0.0563. The molecule has 0 aromatic heterocycles. The molecular weight excluding hydrogens is 304 g/mol. The first-order chi connectivity index (χ1) is 11.0. The van der Waals surface area contributed by atoms with Gasteiger partial charge in [0, 0.05) is 38.0 Å². The summed E-state index contributed by atoms with van der Waals surface area (Å²) in [5.74, 6) is 1.59. The Morgan fingerprint density at radius 1 is 1.04 bits per heavy atom. The first-order valence-corrected chi connectivity index (χ1v) is 9.72. The van der Waals surface area contributed by atoms with E-state index in [9.17, 15) is 4.79 Å². The van der Waals surface area contributed by atoms with Gasteiger partial charge in [0.05, 0.1) is 5.25 Å². The molecule has 23 heavy (non-hydrogen) atoms. The van der Waals surface area contributed by atoms with Crippen molar-refractivity contribution in [3.63, 3.8) is 0 Å². The molecule has 1 unspecified atom stereocenters. The van der Waals surface area contributed by atoms with Gasteiger partial charge in [-0.3, -0.25) is 9.69 Å². The molecule has 0 saturated carbocycles. The van der Waals surface area contributed by atoms with E-state index in [1.807, 2.05) is 6.07 Å². The third-order valence-corrected chi connectivity index (χ3v) is 6.08. The van der Waals surface area contributed by atoms with Crippen LogP contribution in [0.2, 0.25) is 0 Å². The molecule has 1 fully saturated rings. The van der Waals surface area contributed by atoms with Gasteiger partial charge in [-0.2, -0.15) is 0 Å². The zero-order valence-corrected chi connectivity index (χ0v) is 15.7. The number of thioether (sulfide) groups is 1. The molecule has 0 radical (unpaired) electrons. The summed E-state index contributed by atoms with van der Waals surface area (Å²) in [6, 6.07) is 11.0. The van der Waals surface area contributed by atoms with E-state index in [-0.39, 0.29) is 5.25 Å². The van der Waals surface area contributed by atoms with E-state index in [2.05, 4.69) is 61.8 Å². The number of carbonyl (C=O) groups is 1. The van der Waals surface area contributed by atoms with Gasteiger partial charge in [0.2, 0.25) is 5.91 Å². The summed E-state index contributed by atoms with van der Waals surface area (Å²) >= 11 is 1.79. The molecule has 1 amide bonds. The Morgan fingerprint density at radius 2 is 1.65 bits per heavy atom. The summed E-state index contributed by atoms with van der Waals surface area (Å²) in [6.07, 6.45) is 0. The van der Waals surface area contributed by atoms with Crippen LogP contribution >= 0.6 is 11.8 Å². The number of benzene rings is 1. The molecule has 1 aliphatic heterocycles. The van der Waals surface area contributed by atoms with Crippen molar-refractivity contribution in [1.29, 1.82) is 0 Å². The number of amides is 1. The summed E-state index contributed by atoms with van der Waals surface area (Å²) in [5.41, 5.74) is 1.29. The summed E-state index contributed by atoms with van der Waals surface area (Å²) in [6.45, 7) is 12.5. The average molecular weight is 335 g/mol. The number of hydrogen-bond donors (Lipinski definition) is 0. The Morgan fingerprint density at radius 3 is 2.17 bits per heavy atom. The summed E-state index contributed by atoms with van der Waals surface area (Å²) < 4.78 is 0. The lowest BCUT2D eigenvalue weighted by Gasteiger charge is -2.38. The zero-order chi connectivity index (χ0) is 16.8. The van der Waals surface area contributed by atoms with Crippen molar-refractivity contribution in [3.8, 4) is 0 Å². The first-order valence-electron chi connectivity index (χ1n) is 8.67. The van der Waals surface area contributed by atoms with E-state index in [1.54, 1.807) is 11.8 Å². The molecule has 2 rings (SSSR count). The highest BCUT2D eigenvalue weighted by molar-refractivity contribution is 7.99. The van der Waals surface area contributed by atoms with E-state index in [1.165, 1.54) is 5.56 Å². The summed E-state index contributed by atoms with van der Waals surface area (Å²) in [7, 11) is 0. The van der Waals surface area contributed by atoms with Gasteiger partial charge in [-0.1, -0.05) is 44.2 Å². The lowest BCUT2D eigenvalue weighted by Crippen LogP contribution is -2.53. The minimum Gasteiger partial charge on any atom is -0.339 e. The maximum atomic E-state index is 12.9. The second-order valence-corrected chi connectivity index (χ2v) is 8.05.